The topological polar surface area (TPSA) is 54.2 Å². The minimum atomic E-state index is 0.612. The zero-order valence-electron chi connectivity index (χ0n) is 11.5. The van der Waals surface area contributed by atoms with Crippen LogP contribution >= 0.6 is 0 Å². The lowest BCUT2D eigenvalue weighted by Gasteiger charge is -2.19. The van der Waals surface area contributed by atoms with Crippen LogP contribution in [0.3, 0.4) is 0 Å². The van der Waals surface area contributed by atoms with Crippen LogP contribution in [0.25, 0.3) is 0 Å². The molecule has 0 radical (unpaired) electrons. The highest BCUT2D eigenvalue weighted by Crippen LogP contribution is 2.10. The highest BCUT2D eigenvalue weighted by atomic mass is 16.4. The molecule has 0 aliphatic rings. The Morgan fingerprint density at radius 3 is 2.68 bits per heavy atom. The number of rotatable bonds is 7. The molecule has 0 unspecified atom stereocenters. The third kappa shape index (κ3) is 4.37. The Morgan fingerprint density at radius 1 is 1.21 bits per heavy atom. The molecular formula is C14H20N4O. The Hall–Kier alpha value is -1.88. The predicted molar refractivity (Wildman–Crippen MR) is 75.1 cm³/mol. The van der Waals surface area contributed by atoms with Crippen LogP contribution in [0.2, 0.25) is 0 Å². The average Bonchev–Trinajstić information content (AvgIpc) is 2.85. The number of hydrogen-bond donors (Lipinski definition) is 1. The molecule has 0 fully saturated rings. The van der Waals surface area contributed by atoms with Crippen molar-refractivity contribution < 1.29 is 4.42 Å². The fourth-order valence-electron chi connectivity index (χ4n) is 1.86. The van der Waals surface area contributed by atoms with Gasteiger partial charge in [-0.3, -0.25) is 0 Å². The lowest BCUT2D eigenvalue weighted by molar-refractivity contribution is 0.446. The molecule has 1 aromatic carbocycles. The summed E-state index contributed by atoms with van der Waals surface area (Å²) < 4.78 is 5.29. The van der Waals surface area contributed by atoms with Gasteiger partial charge in [0, 0.05) is 26.2 Å². The predicted octanol–water partition coefficient (Wildman–Crippen LogP) is 1.99. The van der Waals surface area contributed by atoms with E-state index in [1.165, 1.54) is 5.69 Å². The van der Waals surface area contributed by atoms with E-state index in [0.29, 0.717) is 18.3 Å². The first kappa shape index (κ1) is 13.5. The Labute approximate surface area is 113 Å². The van der Waals surface area contributed by atoms with Crippen LogP contribution in [0.1, 0.15) is 18.2 Å². The molecule has 2 rings (SSSR count). The van der Waals surface area contributed by atoms with Crippen LogP contribution in [0, 0.1) is 6.92 Å². The van der Waals surface area contributed by atoms with E-state index in [1.807, 2.05) is 6.07 Å². The highest BCUT2D eigenvalue weighted by Gasteiger charge is 2.02. The van der Waals surface area contributed by atoms with E-state index in [9.17, 15) is 0 Å². The summed E-state index contributed by atoms with van der Waals surface area (Å²) in [5.41, 5.74) is 1.25. The SMILES string of the molecule is Cc1nnc(CNCCCN(C)c2ccccc2)o1. The molecule has 1 aromatic heterocycles. The second-order valence-corrected chi connectivity index (χ2v) is 4.50. The van der Waals surface area contributed by atoms with Crippen molar-refractivity contribution in [1.29, 1.82) is 0 Å². The van der Waals surface area contributed by atoms with Gasteiger partial charge in [0.2, 0.25) is 11.8 Å². The number of hydrogen-bond acceptors (Lipinski definition) is 5. The minimum absolute atomic E-state index is 0.612. The Bertz CT molecular complexity index is 483. The van der Waals surface area contributed by atoms with Gasteiger partial charge in [-0.15, -0.1) is 10.2 Å². The van der Waals surface area contributed by atoms with Gasteiger partial charge < -0.3 is 14.6 Å². The van der Waals surface area contributed by atoms with E-state index >= 15 is 0 Å². The van der Waals surface area contributed by atoms with E-state index in [1.54, 1.807) is 6.92 Å². The molecule has 0 bridgehead atoms. The van der Waals surface area contributed by atoms with E-state index in [-0.39, 0.29) is 0 Å². The molecule has 102 valence electrons. The summed E-state index contributed by atoms with van der Waals surface area (Å²) in [6.45, 7) is 4.37. The van der Waals surface area contributed by atoms with Gasteiger partial charge in [-0.2, -0.15) is 0 Å². The monoisotopic (exact) mass is 260 g/mol. The maximum absolute atomic E-state index is 5.29. The zero-order chi connectivity index (χ0) is 13.5. The average molecular weight is 260 g/mol. The first-order chi connectivity index (χ1) is 9.25. The zero-order valence-corrected chi connectivity index (χ0v) is 11.5. The molecule has 5 heteroatoms. The maximum Gasteiger partial charge on any atom is 0.230 e. The van der Waals surface area contributed by atoms with Crippen LogP contribution in [0.5, 0.6) is 0 Å². The molecule has 5 nitrogen and oxygen atoms in total. The summed E-state index contributed by atoms with van der Waals surface area (Å²) in [5, 5.41) is 11.0. The van der Waals surface area contributed by atoms with Gasteiger partial charge >= 0.3 is 0 Å². The molecule has 19 heavy (non-hydrogen) atoms. The van der Waals surface area contributed by atoms with E-state index in [2.05, 4.69) is 51.7 Å². The summed E-state index contributed by atoms with van der Waals surface area (Å²) in [6, 6.07) is 10.4. The van der Waals surface area contributed by atoms with Crippen LogP contribution in [-0.2, 0) is 6.54 Å². The molecule has 0 atom stereocenters. The second kappa shape index (κ2) is 6.89. The molecular weight excluding hydrogens is 240 g/mol. The van der Waals surface area contributed by atoms with Crippen LogP contribution < -0.4 is 10.2 Å². The first-order valence-electron chi connectivity index (χ1n) is 6.51. The summed E-state index contributed by atoms with van der Waals surface area (Å²) in [6.07, 6.45) is 1.07. The molecule has 1 heterocycles. The van der Waals surface area contributed by atoms with Crippen molar-refractivity contribution in [1.82, 2.24) is 15.5 Å². The Balaban J connectivity index is 1.62. The standard InChI is InChI=1S/C14H20N4O/c1-12-16-17-14(19-12)11-15-9-6-10-18(2)13-7-4-3-5-8-13/h3-5,7-8,15H,6,9-11H2,1-2H3. The number of anilines is 1. The van der Waals surface area contributed by atoms with Crippen molar-refractivity contribution in [3.05, 3.63) is 42.1 Å². The fraction of sp³-hybridized carbons (Fsp3) is 0.429. The van der Waals surface area contributed by atoms with Crippen molar-refractivity contribution in [2.45, 2.75) is 19.9 Å². The van der Waals surface area contributed by atoms with Gasteiger partial charge in [-0.05, 0) is 25.1 Å². The lowest BCUT2D eigenvalue weighted by atomic mass is 10.3. The second-order valence-electron chi connectivity index (χ2n) is 4.50. The third-order valence-electron chi connectivity index (χ3n) is 2.89. The van der Waals surface area contributed by atoms with Crippen molar-refractivity contribution in [3.63, 3.8) is 0 Å². The number of nitrogens with one attached hydrogen (secondary N) is 1. The number of benzene rings is 1. The highest BCUT2D eigenvalue weighted by molar-refractivity contribution is 5.44. The van der Waals surface area contributed by atoms with Gasteiger partial charge in [0.25, 0.3) is 0 Å². The number of nitrogens with zero attached hydrogens (tertiary/aromatic N) is 3. The van der Waals surface area contributed by atoms with E-state index in [0.717, 1.165) is 19.5 Å². The van der Waals surface area contributed by atoms with Crippen LogP contribution in [-0.4, -0.2) is 30.3 Å². The van der Waals surface area contributed by atoms with Gasteiger partial charge in [-0.25, -0.2) is 0 Å². The van der Waals surface area contributed by atoms with Crippen molar-refractivity contribution in [3.8, 4) is 0 Å². The Kier molecular flexibility index (Phi) is 4.92. The molecule has 0 amide bonds. The molecule has 1 N–H and O–H groups in total. The smallest absolute Gasteiger partial charge is 0.230 e. The number of aromatic nitrogens is 2. The van der Waals surface area contributed by atoms with E-state index < -0.39 is 0 Å². The summed E-state index contributed by atoms with van der Waals surface area (Å²) in [7, 11) is 2.11. The summed E-state index contributed by atoms with van der Waals surface area (Å²) in [5.74, 6) is 1.26. The fourth-order valence-corrected chi connectivity index (χ4v) is 1.86. The minimum Gasteiger partial charge on any atom is -0.424 e. The van der Waals surface area contributed by atoms with Crippen LogP contribution in [0.15, 0.2) is 34.7 Å². The normalized spacial score (nSPS) is 10.6. The number of para-hydroxylation sites is 1. The van der Waals surface area contributed by atoms with Gasteiger partial charge in [0.1, 0.15) is 0 Å². The molecule has 0 spiro atoms. The quantitative estimate of drug-likeness (QED) is 0.772. The largest absolute Gasteiger partial charge is 0.424 e. The third-order valence-corrected chi connectivity index (χ3v) is 2.89. The molecule has 0 saturated heterocycles. The lowest BCUT2D eigenvalue weighted by Crippen LogP contribution is -2.23. The van der Waals surface area contributed by atoms with Crippen molar-refractivity contribution in [2.75, 3.05) is 25.0 Å². The Morgan fingerprint density at radius 2 is 2.00 bits per heavy atom. The molecule has 0 aliphatic heterocycles. The van der Waals surface area contributed by atoms with Gasteiger partial charge in [-0.1, -0.05) is 18.2 Å². The molecule has 0 saturated carbocycles. The summed E-state index contributed by atoms with van der Waals surface area (Å²) in [4.78, 5) is 2.25. The van der Waals surface area contributed by atoms with Gasteiger partial charge in [0.15, 0.2) is 0 Å². The van der Waals surface area contributed by atoms with Crippen molar-refractivity contribution in [2.24, 2.45) is 0 Å². The van der Waals surface area contributed by atoms with Crippen molar-refractivity contribution >= 4 is 5.69 Å². The number of aryl methyl sites for hydroxylation is 1. The maximum atomic E-state index is 5.29. The van der Waals surface area contributed by atoms with E-state index in [4.69, 9.17) is 4.42 Å². The van der Waals surface area contributed by atoms with Gasteiger partial charge in [0.05, 0.1) is 6.54 Å². The molecule has 2 aromatic rings. The summed E-state index contributed by atoms with van der Waals surface area (Å²) >= 11 is 0. The molecule has 0 aliphatic carbocycles. The first-order valence-corrected chi connectivity index (χ1v) is 6.51. The van der Waals surface area contributed by atoms with Crippen LogP contribution in [0.4, 0.5) is 5.69 Å².